The maximum Gasteiger partial charge on any atom is 0.306 e. The topological polar surface area (TPSA) is 135 Å². The van der Waals surface area contributed by atoms with Gasteiger partial charge in [0, 0.05) is 13.0 Å². The fourth-order valence-corrected chi connectivity index (χ4v) is 8.02. The fourth-order valence-electron chi connectivity index (χ4n) is 8.02. The van der Waals surface area contributed by atoms with Gasteiger partial charge in [-0.25, -0.2) is 0 Å². The number of carbonyl (C=O) groups is 1. The molecule has 1 rings (SSSR count). The van der Waals surface area contributed by atoms with Crippen LogP contribution in [0.4, 0.5) is 0 Å². The van der Waals surface area contributed by atoms with E-state index in [9.17, 15) is 25.2 Å². The summed E-state index contributed by atoms with van der Waals surface area (Å²) in [5.74, 6) is -0.327. The zero-order chi connectivity index (χ0) is 52.1. The zero-order valence-electron chi connectivity index (χ0n) is 45.4. The van der Waals surface area contributed by atoms with E-state index in [0.29, 0.717) is 13.0 Å². The molecule has 6 atom stereocenters. The van der Waals surface area contributed by atoms with Crippen molar-refractivity contribution in [2.45, 2.75) is 243 Å². The number of esters is 1. The molecule has 1 aliphatic rings. The molecule has 0 aromatic heterocycles. The van der Waals surface area contributed by atoms with Crippen LogP contribution in [0.2, 0.25) is 0 Å². The molecule has 0 bridgehead atoms. The van der Waals surface area contributed by atoms with E-state index in [1.54, 1.807) is 0 Å². The molecule has 0 saturated carbocycles. The van der Waals surface area contributed by atoms with Crippen molar-refractivity contribution < 1.29 is 44.2 Å². The average molecular weight is 1010 g/mol. The highest BCUT2D eigenvalue weighted by molar-refractivity contribution is 5.69. The highest BCUT2D eigenvalue weighted by Crippen LogP contribution is 2.23. The van der Waals surface area contributed by atoms with E-state index >= 15 is 0 Å². The van der Waals surface area contributed by atoms with Crippen molar-refractivity contribution in [1.82, 2.24) is 0 Å². The van der Waals surface area contributed by atoms with Crippen molar-refractivity contribution in [1.29, 1.82) is 0 Å². The van der Waals surface area contributed by atoms with Crippen LogP contribution in [0.15, 0.2) is 122 Å². The second-order valence-corrected chi connectivity index (χ2v) is 19.0. The van der Waals surface area contributed by atoms with Crippen LogP contribution in [0.3, 0.4) is 0 Å². The summed E-state index contributed by atoms with van der Waals surface area (Å²) in [6.07, 6.45) is 69.5. The van der Waals surface area contributed by atoms with Gasteiger partial charge in [-0.1, -0.05) is 219 Å². The van der Waals surface area contributed by atoms with Gasteiger partial charge in [0.25, 0.3) is 0 Å². The minimum Gasteiger partial charge on any atom is -0.457 e. The lowest BCUT2D eigenvalue weighted by molar-refractivity contribution is -0.305. The number of aliphatic hydroxyl groups excluding tert-OH is 4. The van der Waals surface area contributed by atoms with Crippen LogP contribution in [0, 0.1) is 0 Å². The monoisotopic (exact) mass is 1000 g/mol. The summed E-state index contributed by atoms with van der Waals surface area (Å²) in [5, 5.41) is 40.4. The Labute approximate surface area is 439 Å². The summed E-state index contributed by atoms with van der Waals surface area (Å²) in [5.41, 5.74) is 0. The Morgan fingerprint density at radius 1 is 0.444 bits per heavy atom. The van der Waals surface area contributed by atoms with Gasteiger partial charge in [-0.2, -0.15) is 0 Å². The Hall–Kier alpha value is -3.41. The Balaban J connectivity index is 2.20. The van der Waals surface area contributed by atoms with E-state index in [4.69, 9.17) is 18.9 Å². The van der Waals surface area contributed by atoms with E-state index in [0.717, 1.165) is 122 Å². The van der Waals surface area contributed by atoms with Crippen molar-refractivity contribution in [2.75, 3.05) is 26.4 Å². The van der Waals surface area contributed by atoms with E-state index in [1.165, 1.54) is 64.2 Å². The molecule has 1 fully saturated rings. The minimum absolute atomic E-state index is 0.123. The van der Waals surface area contributed by atoms with Gasteiger partial charge in [-0.3, -0.25) is 4.79 Å². The molecule has 410 valence electrons. The summed E-state index contributed by atoms with van der Waals surface area (Å²) in [7, 11) is 0. The third kappa shape index (κ3) is 42.0. The largest absolute Gasteiger partial charge is 0.457 e. The van der Waals surface area contributed by atoms with Crippen LogP contribution in [0.5, 0.6) is 0 Å². The molecule has 72 heavy (non-hydrogen) atoms. The number of rotatable bonds is 48. The van der Waals surface area contributed by atoms with Crippen molar-refractivity contribution in [2.24, 2.45) is 0 Å². The van der Waals surface area contributed by atoms with Crippen LogP contribution >= 0.6 is 0 Å². The lowest BCUT2D eigenvalue weighted by atomic mass is 9.99. The van der Waals surface area contributed by atoms with Crippen molar-refractivity contribution >= 4 is 5.97 Å². The molecule has 0 amide bonds. The van der Waals surface area contributed by atoms with Gasteiger partial charge < -0.3 is 39.4 Å². The first-order chi connectivity index (χ1) is 35.4. The van der Waals surface area contributed by atoms with E-state index in [-0.39, 0.29) is 19.2 Å². The van der Waals surface area contributed by atoms with Gasteiger partial charge in [0.15, 0.2) is 6.29 Å². The van der Waals surface area contributed by atoms with Gasteiger partial charge >= 0.3 is 5.97 Å². The molecule has 1 saturated heterocycles. The van der Waals surface area contributed by atoms with Gasteiger partial charge in [-0.05, 0) is 103 Å². The van der Waals surface area contributed by atoms with Gasteiger partial charge in [-0.15, -0.1) is 0 Å². The Bertz CT molecular complexity index is 1520. The van der Waals surface area contributed by atoms with Crippen LogP contribution < -0.4 is 0 Å². The van der Waals surface area contributed by atoms with Gasteiger partial charge in [0.1, 0.15) is 30.5 Å². The quantitative estimate of drug-likeness (QED) is 0.0267. The molecule has 9 heteroatoms. The van der Waals surface area contributed by atoms with E-state index in [1.807, 2.05) is 0 Å². The van der Waals surface area contributed by atoms with Gasteiger partial charge in [0.05, 0.1) is 19.8 Å². The highest BCUT2D eigenvalue weighted by Gasteiger charge is 2.44. The van der Waals surface area contributed by atoms with Gasteiger partial charge in [0.2, 0.25) is 0 Å². The van der Waals surface area contributed by atoms with Crippen LogP contribution in [0.1, 0.15) is 206 Å². The number of hydrogen-bond acceptors (Lipinski definition) is 9. The van der Waals surface area contributed by atoms with E-state index in [2.05, 4.69) is 135 Å². The van der Waals surface area contributed by atoms with Crippen LogP contribution in [-0.4, -0.2) is 89.6 Å². The molecule has 1 aliphatic heterocycles. The summed E-state index contributed by atoms with van der Waals surface area (Å²) < 4.78 is 22.9. The van der Waals surface area contributed by atoms with Crippen LogP contribution in [-0.2, 0) is 23.7 Å². The molecule has 0 aromatic carbocycles. The number of ether oxygens (including phenoxy) is 4. The number of aliphatic hydroxyl groups is 4. The first kappa shape index (κ1) is 66.6. The molecular weight excluding hydrogens is 901 g/mol. The smallest absolute Gasteiger partial charge is 0.306 e. The maximum atomic E-state index is 12.9. The molecule has 0 spiro atoms. The summed E-state index contributed by atoms with van der Waals surface area (Å²) >= 11 is 0. The number of unbranched alkanes of at least 4 members (excludes halogenated alkanes) is 17. The highest BCUT2D eigenvalue weighted by atomic mass is 16.7. The molecule has 0 aromatic rings. The fraction of sp³-hybridized carbons (Fsp3) is 0.667. The van der Waals surface area contributed by atoms with Crippen molar-refractivity contribution in [3.8, 4) is 0 Å². The summed E-state index contributed by atoms with van der Waals surface area (Å²) in [4.78, 5) is 12.9. The maximum absolute atomic E-state index is 12.9. The first-order valence-corrected chi connectivity index (χ1v) is 28.6. The Morgan fingerprint density at radius 2 is 0.806 bits per heavy atom. The third-order valence-corrected chi connectivity index (χ3v) is 12.4. The minimum atomic E-state index is -1.55. The Kier molecular flexibility index (Phi) is 48.5. The molecule has 9 nitrogen and oxygen atoms in total. The summed E-state index contributed by atoms with van der Waals surface area (Å²) in [6.45, 7) is 4.28. The Morgan fingerprint density at radius 3 is 1.21 bits per heavy atom. The van der Waals surface area contributed by atoms with Crippen molar-refractivity contribution in [3.63, 3.8) is 0 Å². The molecule has 4 N–H and O–H groups in total. The lowest BCUT2D eigenvalue weighted by Crippen LogP contribution is -2.59. The van der Waals surface area contributed by atoms with E-state index < -0.39 is 43.4 Å². The number of hydrogen-bond donors (Lipinski definition) is 4. The molecule has 0 radical (unpaired) electrons. The second-order valence-electron chi connectivity index (χ2n) is 19.0. The SMILES string of the molecule is CC/C=C\C/C=C\C/C=C\C/C=C\C/C=C\C/C=C\CCCCCCCOCC(COC1OC(CO)C(O)C(O)C1O)OC(=O)CCCCCCCCCCCCCC/C=C\C/C=C\C/C=C\C/C=C\CC. The molecule has 0 aliphatic carbocycles. The second kappa shape index (κ2) is 52.5. The summed E-state index contributed by atoms with van der Waals surface area (Å²) in [6, 6.07) is 0. The zero-order valence-corrected chi connectivity index (χ0v) is 45.4. The predicted octanol–water partition coefficient (Wildman–Crippen LogP) is 15.0. The first-order valence-electron chi connectivity index (χ1n) is 28.6. The molecular formula is C63H104O9. The third-order valence-electron chi connectivity index (χ3n) is 12.4. The number of carbonyl (C=O) groups excluding carboxylic acids is 1. The lowest BCUT2D eigenvalue weighted by Gasteiger charge is -2.39. The standard InChI is InChI=1S/C63H104O9/c1-3-5-7-9-11-13-15-17-19-21-23-25-27-29-30-32-34-36-38-40-42-44-46-48-50-52-59(65)71-57(56-70-63-62(68)61(67)60(66)58(54-64)72-63)55-69-53-51-49-47-45-43-41-39-37-35-33-31-28-26-24-22-20-18-16-14-12-10-8-6-4-2/h5-8,11-14,17-20,23-26,31,33,37,39,57-58,60-64,66-68H,3-4,9-10,15-16,21-22,27-30,32,34-36,38,40-56H2,1-2H3/b7-5-,8-6-,13-11-,14-12-,19-17-,20-18-,25-23-,26-24-,33-31-,39-37-. The molecule has 1 heterocycles. The number of allylic oxidation sites excluding steroid dienone is 20. The normalized spacial score (nSPS) is 19.7. The van der Waals surface area contributed by atoms with Crippen molar-refractivity contribution in [3.05, 3.63) is 122 Å². The predicted molar refractivity (Wildman–Crippen MR) is 302 cm³/mol. The molecule has 6 unspecified atom stereocenters. The average Bonchev–Trinajstić information content (AvgIpc) is 3.38. The van der Waals surface area contributed by atoms with Crippen LogP contribution in [0.25, 0.3) is 0 Å².